The van der Waals surface area contributed by atoms with E-state index in [1.165, 1.54) is 18.4 Å². The fraction of sp³-hybridized carbons (Fsp3) is 0.727. The zero-order chi connectivity index (χ0) is 10.1. The van der Waals surface area contributed by atoms with Crippen LogP contribution < -0.4 is 0 Å². The van der Waals surface area contributed by atoms with E-state index in [9.17, 15) is 0 Å². The Morgan fingerprint density at radius 1 is 1.57 bits per heavy atom. The normalized spacial score (nSPS) is 16.6. The van der Waals surface area contributed by atoms with Gasteiger partial charge in [-0.05, 0) is 38.2 Å². The van der Waals surface area contributed by atoms with E-state index in [0.29, 0.717) is 12.5 Å². The van der Waals surface area contributed by atoms with Gasteiger partial charge in [-0.25, -0.2) is 0 Å². The lowest BCUT2D eigenvalue weighted by atomic mass is 10.1. The van der Waals surface area contributed by atoms with Crippen LogP contribution in [0.2, 0.25) is 0 Å². The Bertz CT molecular complexity index is 313. The second-order valence-corrected chi connectivity index (χ2v) is 4.35. The first-order valence-electron chi connectivity index (χ1n) is 5.41. The Balaban J connectivity index is 2.25. The fourth-order valence-corrected chi connectivity index (χ4v) is 1.74. The smallest absolute Gasteiger partial charge is 0.0682 e. The topological polar surface area (TPSA) is 38.0 Å². The SMILES string of the molecule is CC(C)n1cc(C2CC2)c(CCO)n1. The quantitative estimate of drug-likeness (QED) is 0.794. The molecule has 0 saturated heterocycles. The van der Waals surface area contributed by atoms with Gasteiger partial charge in [-0.2, -0.15) is 5.10 Å². The highest BCUT2D eigenvalue weighted by Gasteiger charge is 2.28. The van der Waals surface area contributed by atoms with Crippen LogP contribution in [0.15, 0.2) is 6.20 Å². The average molecular weight is 194 g/mol. The lowest BCUT2D eigenvalue weighted by Crippen LogP contribution is -2.02. The van der Waals surface area contributed by atoms with Gasteiger partial charge in [0.25, 0.3) is 0 Å². The van der Waals surface area contributed by atoms with Crippen molar-refractivity contribution in [3.8, 4) is 0 Å². The summed E-state index contributed by atoms with van der Waals surface area (Å²) in [6.45, 7) is 4.47. The molecule has 1 N–H and O–H groups in total. The molecule has 1 aromatic heterocycles. The Morgan fingerprint density at radius 3 is 2.79 bits per heavy atom. The predicted molar refractivity (Wildman–Crippen MR) is 55.4 cm³/mol. The molecule has 1 aliphatic rings. The first-order chi connectivity index (χ1) is 6.72. The van der Waals surface area contributed by atoms with Crippen LogP contribution in [0.4, 0.5) is 0 Å². The molecule has 0 unspecified atom stereocenters. The van der Waals surface area contributed by atoms with Gasteiger partial charge in [0.1, 0.15) is 0 Å². The van der Waals surface area contributed by atoms with Crippen molar-refractivity contribution in [1.82, 2.24) is 9.78 Å². The van der Waals surface area contributed by atoms with E-state index in [2.05, 4.69) is 25.1 Å². The second kappa shape index (κ2) is 3.73. The van der Waals surface area contributed by atoms with E-state index in [1.54, 1.807) is 0 Å². The highest BCUT2D eigenvalue weighted by Crippen LogP contribution is 2.41. The Labute approximate surface area is 84.7 Å². The fourth-order valence-electron chi connectivity index (χ4n) is 1.74. The summed E-state index contributed by atoms with van der Waals surface area (Å²) < 4.78 is 2.01. The maximum atomic E-state index is 8.94. The minimum atomic E-state index is 0.203. The molecular formula is C11H18N2O. The highest BCUT2D eigenvalue weighted by molar-refractivity contribution is 5.26. The van der Waals surface area contributed by atoms with Gasteiger partial charge in [0.05, 0.1) is 5.69 Å². The highest BCUT2D eigenvalue weighted by atomic mass is 16.3. The van der Waals surface area contributed by atoms with Crippen LogP contribution in [0, 0.1) is 0 Å². The third kappa shape index (κ3) is 1.82. The van der Waals surface area contributed by atoms with Crippen molar-refractivity contribution in [2.24, 2.45) is 0 Å². The molecule has 0 bridgehead atoms. The van der Waals surface area contributed by atoms with Gasteiger partial charge < -0.3 is 5.11 Å². The summed E-state index contributed by atoms with van der Waals surface area (Å²) in [5, 5.41) is 13.5. The van der Waals surface area contributed by atoms with Gasteiger partial charge in [-0.3, -0.25) is 4.68 Å². The predicted octanol–water partition coefficient (Wildman–Crippen LogP) is 1.88. The minimum Gasteiger partial charge on any atom is -0.396 e. The van der Waals surface area contributed by atoms with E-state index < -0.39 is 0 Å². The van der Waals surface area contributed by atoms with Crippen LogP contribution in [-0.2, 0) is 6.42 Å². The molecule has 2 rings (SSSR count). The number of aromatic nitrogens is 2. The molecule has 0 atom stereocenters. The molecule has 3 heteroatoms. The lowest BCUT2D eigenvalue weighted by molar-refractivity contribution is 0.297. The summed E-state index contributed by atoms with van der Waals surface area (Å²) in [6, 6.07) is 0.417. The Hall–Kier alpha value is -0.830. The third-order valence-electron chi connectivity index (χ3n) is 2.74. The Morgan fingerprint density at radius 2 is 2.29 bits per heavy atom. The second-order valence-electron chi connectivity index (χ2n) is 4.35. The third-order valence-corrected chi connectivity index (χ3v) is 2.74. The van der Waals surface area contributed by atoms with E-state index >= 15 is 0 Å². The van der Waals surface area contributed by atoms with E-state index in [4.69, 9.17) is 5.11 Å². The van der Waals surface area contributed by atoms with Crippen molar-refractivity contribution in [2.75, 3.05) is 6.61 Å². The average Bonchev–Trinajstić information content (AvgIpc) is 2.89. The standard InChI is InChI=1S/C11H18N2O/c1-8(2)13-7-10(9-3-4-9)11(12-13)5-6-14/h7-9,14H,3-6H2,1-2H3. The van der Waals surface area contributed by atoms with E-state index in [-0.39, 0.29) is 6.61 Å². The van der Waals surface area contributed by atoms with E-state index in [1.807, 2.05) is 4.68 Å². The zero-order valence-electron chi connectivity index (χ0n) is 8.90. The summed E-state index contributed by atoms with van der Waals surface area (Å²) in [5.41, 5.74) is 2.47. The van der Waals surface area contributed by atoms with Gasteiger partial charge >= 0.3 is 0 Å². The molecule has 1 saturated carbocycles. The lowest BCUT2D eigenvalue weighted by Gasteiger charge is -2.03. The van der Waals surface area contributed by atoms with E-state index in [0.717, 1.165) is 11.6 Å². The van der Waals surface area contributed by atoms with Gasteiger partial charge in [-0.1, -0.05) is 0 Å². The molecular weight excluding hydrogens is 176 g/mol. The number of aliphatic hydroxyl groups is 1. The first kappa shape index (κ1) is 9.71. The summed E-state index contributed by atoms with van der Waals surface area (Å²) in [6.07, 6.45) is 5.45. The number of hydrogen-bond acceptors (Lipinski definition) is 2. The largest absolute Gasteiger partial charge is 0.396 e. The van der Waals surface area contributed by atoms with Crippen molar-refractivity contribution in [2.45, 2.75) is 45.1 Å². The van der Waals surface area contributed by atoms with Crippen LogP contribution in [0.3, 0.4) is 0 Å². The van der Waals surface area contributed by atoms with Gasteiger partial charge in [0.15, 0.2) is 0 Å². The van der Waals surface area contributed by atoms with Gasteiger partial charge in [0, 0.05) is 25.3 Å². The van der Waals surface area contributed by atoms with Crippen LogP contribution in [-0.4, -0.2) is 21.5 Å². The molecule has 0 aromatic carbocycles. The molecule has 3 nitrogen and oxygen atoms in total. The van der Waals surface area contributed by atoms with Crippen LogP contribution in [0.25, 0.3) is 0 Å². The van der Waals surface area contributed by atoms with Crippen molar-refractivity contribution in [1.29, 1.82) is 0 Å². The maximum Gasteiger partial charge on any atom is 0.0682 e. The molecule has 0 radical (unpaired) electrons. The molecule has 1 heterocycles. The molecule has 14 heavy (non-hydrogen) atoms. The molecule has 1 aromatic rings. The summed E-state index contributed by atoms with van der Waals surface area (Å²) in [5.74, 6) is 0.726. The summed E-state index contributed by atoms with van der Waals surface area (Å²) in [4.78, 5) is 0. The van der Waals surface area contributed by atoms with Crippen molar-refractivity contribution < 1.29 is 5.11 Å². The molecule has 78 valence electrons. The van der Waals surface area contributed by atoms with Gasteiger partial charge in [-0.15, -0.1) is 0 Å². The van der Waals surface area contributed by atoms with Crippen LogP contribution in [0.1, 0.15) is 49.9 Å². The molecule has 0 amide bonds. The minimum absolute atomic E-state index is 0.203. The number of nitrogens with zero attached hydrogens (tertiary/aromatic N) is 2. The molecule has 1 fully saturated rings. The van der Waals surface area contributed by atoms with Crippen molar-refractivity contribution in [3.05, 3.63) is 17.5 Å². The molecule has 0 aliphatic heterocycles. The molecule has 0 spiro atoms. The number of rotatable bonds is 4. The van der Waals surface area contributed by atoms with Crippen molar-refractivity contribution in [3.63, 3.8) is 0 Å². The molecule has 1 aliphatic carbocycles. The van der Waals surface area contributed by atoms with Crippen LogP contribution >= 0.6 is 0 Å². The zero-order valence-corrected chi connectivity index (χ0v) is 8.90. The van der Waals surface area contributed by atoms with Crippen LogP contribution in [0.5, 0.6) is 0 Å². The monoisotopic (exact) mass is 194 g/mol. The maximum absolute atomic E-state index is 8.94. The summed E-state index contributed by atoms with van der Waals surface area (Å²) >= 11 is 0. The summed E-state index contributed by atoms with van der Waals surface area (Å²) in [7, 11) is 0. The number of aliphatic hydroxyl groups excluding tert-OH is 1. The number of hydrogen-bond donors (Lipinski definition) is 1. The van der Waals surface area contributed by atoms with Crippen molar-refractivity contribution >= 4 is 0 Å². The first-order valence-corrected chi connectivity index (χ1v) is 5.41. The van der Waals surface area contributed by atoms with Gasteiger partial charge in [0.2, 0.25) is 0 Å². The Kier molecular flexibility index (Phi) is 2.59.